The van der Waals surface area contributed by atoms with E-state index in [9.17, 15) is 9.50 Å². The number of nitrogens with one attached hydrogen (secondary N) is 1. The molecule has 0 aromatic heterocycles. The van der Waals surface area contributed by atoms with E-state index in [4.69, 9.17) is 5.11 Å². The number of hydrogen-bond donors (Lipinski definition) is 3. The van der Waals surface area contributed by atoms with Gasteiger partial charge in [0.2, 0.25) is 0 Å². The Labute approximate surface area is 173 Å². The average Bonchev–Trinajstić information content (AvgIpc) is 3.53. The summed E-state index contributed by atoms with van der Waals surface area (Å²) in [5.41, 5.74) is 3.15. The Morgan fingerprint density at radius 1 is 1.31 bits per heavy atom. The van der Waals surface area contributed by atoms with Crippen molar-refractivity contribution in [1.82, 2.24) is 5.32 Å². The number of rotatable bonds is 11. The van der Waals surface area contributed by atoms with E-state index in [1.165, 1.54) is 6.07 Å². The van der Waals surface area contributed by atoms with E-state index in [0.29, 0.717) is 24.7 Å². The molecule has 0 spiro atoms. The highest BCUT2D eigenvalue weighted by molar-refractivity contribution is 6.14. The Bertz CT molecular complexity index is 782. The molecule has 5 heteroatoms. The molecule has 0 bridgehead atoms. The molecule has 1 aromatic rings. The van der Waals surface area contributed by atoms with Crippen LogP contribution >= 0.6 is 0 Å². The molecule has 0 saturated heterocycles. The van der Waals surface area contributed by atoms with Gasteiger partial charge in [-0.1, -0.05) is 31.6 Å². The lowest BCUT2D eigenvalue weighted by molar-refractivity contribution is 0.297. The number of halogens is 1. The quantitative estimate of drug-likeness (QED) is 0.362. The fraction of sp³-hybridized carbons (Fsp3) is 0.458. The molecule has 29 heavy (non-hydrogen) atoms. The number of allylic oxidation sites excluding steroid dienone is 5. The first-order valence-electron chi connectivity index (χ1n) is 10.4. The standard InChI is InChI=1S/C24H33FN2O2/c1-4-5-6-7-8-17(2)24(27-12-11-18(3)26-13-14-28)23-21(25)15-20(16-22(23)29)19-9-10-19/h6-8,11,15-16,19,26,28-29H,4-5,9-10,12-14H2,1-3H3/b7-6-,17-8+,18-11+,27-24?. The number of benzene rings is 1. The Morgan fingerprint density at radius 3 is 2.69 bits per heavy atom. The van der Waals surface area contributed by atoms with Crippen molar-refractivity contribution in [1.29, 1.82) is 0 Å². The monoisotopic (exact) mass is 400 g/mol. The van der Waals surface area contributed by atoms with Crippen LogP contribution in [0.4, 0.5) is 4.39 Å². The van der Waals surface area contributed by atoms with E-state index in [2.05, 4.69) is 23.3 Å². The molecule has 3 N–H and O–H groups in total. The SMILES string of the molecule is CCC/C=C\C=C(/C)C(=NC/C=C(\C)NCCO)c1c(O)cc(C2CC2)cc1F. The third-order valence-corrected chi connectivity index (χ3v) is 4.85. The molecule has 2 rings (SSSR count). The van der Waals surface area contributed by atoms with Gasteiger partial charge in [0.05, 0.1) is 24.4 Å². The molecular weight excluding hydrogens is 367 g/mol. The molecule has 1 fully saturated rings. The maximum atomic E-state index is 15.0. The van der Waals surface area contributed by atoms with E-state index in [1.807, 2.05) is 32.1 Å². The minimum absolute atomic E-state index is 0.0536. The van der Waals surface area contributed by atoms with Crippen LogP contribution in [-0.4, -0.2) is 35.6 Å². The van der Waals surface area contributed by atoms with Crippen molar-refractivity contribution in [3.05, 3.63) is 64.7 Å². The van der Waals surface area contributed by atoms with Crippen molar-refractivity contribution in [2.24, 2.45) is 4.99 Å². The minimum atomic E-state index is -0.435. The summed E-state index contributed by atoms with van der Waals surface area (Å²) in [4.78, 5) is 4.59. The third-order valence-electron chi connectivity index (χ3n) is 4.85. The van der Waals surface area contributed by atoms with Crippen molar-refractivity contribution < 1.29 is 14.6 Å². The van der Waals surface area contributed by atoms with Gasteiger partial charge in [0.15, 0.2) is 0 Å². The van der Waals surface area contributed by atoms with Gasteiger partial charge in [-0.2, -0.15) is 0 Å². The lowest BCUT2D eigenvalue weighted by Gasteiger charge is -2.13. The van der Waals surface area contributed by atoms with E-state index in [0.717, 1.165) is 42.5 Å². The molecule has 0 atom stereocenters. The number of aliphatic hydroxyl groups is 1. The molecule has 0 heterocycles. The fourth-order valence-electron chi connectivity index (χ4n) is 3.05. The topological polar surface area (TPSA) is 64.9 Å². The smallest absolute Gasteiger partial charge is 0.136 e. The van der Waals surface area contributed by atoms with Crippen LogP contribution in [0, 0.1) is 5.82 Å². The fourth-order valence-corrected chi connectivity index (χ4v) is 3.05. The average molecular weight is 401 g/mol. The van der Waals surface area contributed by atoms with E-state index in [-0.39, 0.29) is 17.9 Å². The second-order valence-corrected chi connectivity index (χ2v) is 7.46. The number of aliphatic hydroxyl groups excluding tert-OH is 1. The summed E-state index contributed by atoms with van der Waals surface area (Å²) < 4.78 is 15.0. The Hall–Kier alpha value is -2.40. The zero-order valence-corrected chi connectivity index (χ0v) is 17.7. The number of aromatic hydroxyl groups is 1. The highest BCUT2D eigenvalue weighted by atomic mass is 19.1. The Balaban J connectivity index is 2.35. The minimum Gasteiger partial charge on any atom is -0.507 e. The summed E-state index contributed by atoms with van der Waals surface area (Å²) in [7, 11) is 0. The van der Waals surface area contributed by atoms with Gasteiger partial charge in [-0.05, 0) is 68.4 Å². The molecule has 0 aliphatic heterocycles. The normalized spacial score (nSPS) is 16.0. The zero-order valence-electron chi connectivity index (χ0n) is 17.7. The second kappa shape index (κ2) is 11.6. The number of aliphatic imine (C=N–C) groups is 1. The highest BCUT2D eigenvalue weighted by Gasteiger charge is 2.27. The molecular formula is C24H33FN2O2. The van der Waals surface area contributed by atoms with Crippen molar-refractivity contribution in [2.45, 2.75) is 52.4 Å². The molecule has 0 radical (unpaired) electrons. The van der Waals surface area contributed by atoms with E-state index >= 15 is 0 Å². The predicted octanol–water partition coefficient (Wildman–Crippen LogP) is 4.99. The van der Waals surface area contributed by atoms with Gasteiger partial charge >= 0.3 is 0 Å². The van der Waals surface area contributed by atoms with Crippen LogP contribution in [0.25, 0.3) is 0 Å². The summed E-state index contributed by atoms with van der Waals surface area (Å²) in [6, 6.07) is 3.21. The highest BCUT2D eigenvalue weighted by Crippen LogP contribution is 2.42. The molecule has 1 aliphatic rings. The van der Waals surface area contributed by atoms with Crippen molar-refractivity contribution in [2.75, 3.05) is 19.7 Å². The van der Waals surface area contributed by atoms with Crippen LogP contribution in [0.2, 0.25) is 0 Å². The predicted molar refractivity (Wildman–Crippen MR) is 118 cm³/mol. The Morgan fingerprint density at radius 2 is 2.07 bits per heavy atom. The first kappa shape index (κ1) is 22.9. The third kappa shape index (κ3) is 7.17. The number of phenols is 1. The number of hydrogen-bond acceptors (Lipinski definition) is 4. The summed E-state index contributed by atoms with van der Waals surface area (Å²) in [6.07, 6.45) is 11.9. The molecule has 4 nitrogen and oxygen atoms in total. The summed E-state index contributed by atoms with van der Waals surface area (Å²) in [6.45, 7) is 6.75. The lowest BCUT2D eigenvalue weighted by Crippen LogP contribution is -2.16. The molecule has 0 amide bonds. The number of nitrogens with zero attached hydrogens (tertiary/aromatic N) is 1. The summed E-state index contributed by atoms with van der Waals surface area (Å²) in [5.74, 6) is -0.133. The van der Waals surface area contributed by atoms with Crippen LogP contribution in [0.15, 0.2) is 52.7 Å². The van der Waals surface area contributed by atoms with E-state index < -0.39 is 5.82 Å². The van der Waals surface area contributed by atoms with Crippen molar-refractivity contribution in [3.63, 3.8) is 0 Å². The van der Waals surface area contributed by atoms with Gasteiger partial charge in [0, 0.05) is 12.2 Å². The van der Waals surface area contributed by atoms with E-state index in [1.54, 1.807) is 6.07 Å². The lowest BCUT2D eigenvalue weighted by atomic mass is 9.98. The van der Waals surface area contributed by atoms with Crippen LogP contribution in [-0.2, 0) is 0 Å². The number of phenolic OH excluding ortho intramolecular Hbond substituents is 1. The maximum Gasteiger partial charge on any atom is 0.136 e. The van der Waals surface area contributed by atoms with Gasteiger partial charge in [-0.15, -0.1) is 0 Å². The van der Waals surface area contributed by atoms with Crippen molar-refractivity contribution >= 4 is 5.71 Å². The van der Waals surface area contributed by atoms with Crippen LogP contribution < -0.4 is 5.32 Å². The maximum absolute atomic E-state index is 15.0. The van der Waals surface area contributed by atoms with Crippen LogP contribution in [0.3, 0.4) is 0 Å². The van der Waals surface area contributed by atoms with Gasteiger partial charge in [0.25, 0.3) is 0 Å². The summed E-state index contributed by atoms with van der Waals surface area (Å²) >= 11 is 0. The largest absolute Gasteiger partial charge is 0.507 e. The van der Waals surface area contributed by atoms with Gasteiger partial charge < -0.3 is 15.5 Å². The van der Waals surface area contributed by atoms with Crippen LogP contribution in [0.1, 0.15) is 63.5 Å². The zero-order chi connectivity index (χ0) is 21.2. The molecule has 0 unspecified atom stereocenters. The van der Waals surface area contributed by atoms with Gasteiger partial charge in [-0.25, -0.2) is 4.39 Å². The van der Waals surface area contributed by atoms with Crippen molar-refractivity contribution in [3.8, 4) is 5.75 Å². The molecule has 1 aromatic carbocycles. The number of unbranched alkanes of at least 4 members (excludes halogenated alkanes) is 1. The summed E-state index contributed by atoms with van der Waals surface area (Å²) in [5, 5.41) is 22.5. The first-order chi connectivity index (χ1) is 14.0. The van der Waals surface area contributed by atoms with Gasteiger partial charge in [-0.3, -0.25) is 4.99 Å². The van der Waals surface area contributed by atoms with Crippen LogP contribution in [0.5, 0.6) is 5.75 Å². The van der Waals surface area contributed by atoms with Gasteiger partial charge in [0.1, 0.15) is 11.6 Å². The first-order valence-corrected chi connectivity index (χ1v) is 10.4. The molecule has 158 valence electrons. The Kier molecular flexibility index (Phi) is 9.13. The molecule has 1 saturated carbocycles. The molecule has 1 aliphatic carbocycles. The second-order valence-electron chi connectivity index (χ2n) is 7.46.